The molecule has 1 saturated heterocycles. The Balaban J connectivity index is 1.91. The molecular formula is C19H28N4O3Si. The Bertz CT molecular complexity index is 760. The van der Waals surface area contributed by atoms with Gasteiger partial charge in [-0.15, -0.1) is 0 Å². The monoisotopic (exact) mass is 388 g/mol. The van der Waals surface area contributed by atoms with Crippen LogP contribution in [-0.4, -0.2) is 55.8 Å². The van der Waals surface area contributed by atoms with E-state index in [-0.39, 0.29) is 23.5 Å². The maximum atomic E-state index is 13.0. The second-order valence-corrected chi connectivity index (χ2v) is 13.5. The van der Waals surface area contributed by atoms with E-state index in [2.05, 4.69) is 44.2 Å². The van der Waals surface area contributed by atoms with Crippen LogP contribution in [0.15, 0.2) is 40.7 Å². The maximum Gasteiger partial charge on any atom is 0.259 e. The lowest BCUT2D eigenvalue weighted by Crippen LogP contribution is -2.45. The van der Waals surface area contributed by atoms with Gasteiger partial charge in [0.15, 0.2) is 20.4 Å². The molecule has 1 aromatic carbocycles. The topological polar surface area (TPSA) is 74.6 Å². The zero-order chi connectivity index (χ0) is 20.0. The van der Waals surface area contributed by atoms with Gasteiger partial charge in [0.1, 0.15) is 0 Å². The van der Waals surface area contributed by atoms with Gasteiger partial charge < -0.3 is 4.43 Å². The molecule has 1 fully saturated rings. The van der Waals surface area contributed by atoms with E-state index in [1.54, 1.807) is 7.05 Å². The molecule has 0 aliphatic carbocycles. The lowest BCUT2D eigenvalue weighted by atomic mass is 10.1. The minimum atomic E-state index is -2.04. The summed E-state index contributed by atoms with van der Waals surface area (Å²) in [6.07, 6.45) is 0. The molecule has 0 saturated carbocycles. The Hall–Kier alpha value is -2.06. The van der Waals surface area contributed by atoms with Crippen LogP contribution in [0, 0.1) is 0 Å². The average molecular weight is 389 g/mol. The number of hydrogen-bond donors (Lipinski definition) is 0. The van der Waals surface area contributed by atoms with Crippen molar-refractivity contribution in [1.82, 2.24) is 9.91 Å². The van der Waals surface area contributed by atoms with Gasteiger partial charge in [-0.25, -0.2) is 0 Å². The molecule has 1 aromatic rings. The van der Waals surface area contributed by atoms with Gasteiger partial charge in [-0.3, -0.25) is 19.5 Å². The minimum absolute atomic E-state index is 0.0399. The van der Waals surface area contributed by atoms with E-state index in [0.29, 0.717) is 0 Å². The third-order valence-electron chi connectivity index (χ3n) is 5.90. The highest BCUT2D eigenvalue weighted by atomic mass is 28.4. The molecule has 8 heteroatoms. The predicted octanol–water partition coefficient (Wildman–Crippen LogP) is 3.17. The van der Waals surface area contributed by atoms with Crippen molar-refractivity contribution in [1.29, 1.82) is 0 Å². The van der Waals surface area contributed by atoms with Crippen LogP contribution < -0.4 is 0 Å². The van der Waals surface area contributed by atoms with E-state index in [1.807, 2.05) is 30.3 Å². The molecule has 0 spiro atoms. The standard InChI is InChI=1S/C19H28N4O3Si/c1-19(2,3)27(5,6)26-12-14(13-10-8-7-9-11-13)23-17(24)15-16(18(23)25)22(4)21-20-15/h7-11,14-16H,12H2,1-6H3/t14-,15?,16?/m1/s1. The summed E-state index contributed by atoms with van der Waals surface area (Å²) in [7, 11) is -0.366. The predicted molar refractivity (Wildman–Crippen MR) is 104 cm³/mol. The van der Waals surface area contributed by atoms with Gasteiger partial charge in [-0.05, 0) is 23.7 Å². The van der Waals surface area contributed by atoms with E-state index in [0.717, 1.165) is 5.56 Å². The van der Waals surface area contributed by atoms with Crippen LogP contribution in [0.5, 0.6) is 0 Å². The van der Waals surface area contributed by atoms with Crippen molar-refractivity contribution in [2.24, 2.45) is 10.3 Å². The molecule has 0 N–H and O–H groups in total. The van der Waals surface area contributed by atoms with Crippen molar-refractivity contribution >= 4 is 20.1 Å². The highest BCUT2D eigenvalue weighted by molar-refractivity contribution is 6.74. The van der Waals surface area contributed by atoms with Crippen molar-refractivity contribution in [3.8, 4) is 0 Å². The van der Waals surface area contributed by atoms with Crippen LogP contribution in [0.25, 0.3) is 0 Å². The highest BCUT2D eigenvalue weighted by Gasteiger charge is 2.55. The smallest absolute Gasteiger partial charge is 0.259 e. The third-order valence-corrected chi connectivity index (χ3v) is 10.4. The van der Waals surface area contributed by atoms with E-state index >= 15 is 0 Å². The fraction of sp³-hybridized carbons (Fsp3) is 0.579. The number of hydrogen-bond acceptors (Lipinski definition) is 6. The zero-order valence-corrected chi connectivity index (χ0v) is 17.8. The number of imide groups is 1. The van der Waals surface area contributed by atoms with E-state index in [9.17, 15) is 9.59 Å². The quantitative estimate of drug-likeness (QED) is 0.574. The molecule has 3 rings (SSSR count). The molecule has 2 aliphatic rings. The van der Waals surface area contributed by atoms with E-state index in [1.165, 1.54) is 9.91 Å². The largest absolute Gasteiger partial charge is 0.414 e. The van der Waals surface area contributed by atoms with Crippen molar-refractivity contribution in [2.75, 3.05) is 13.7 Å². The van der Waals surface area contributed by atoms with Gasteiger partial charge in [0.25, 0.3) is 11.8 Å². The maximum absolute atomic E-state index is 13.0. The second-order valence-electron chi connectivity index (χ2n) is 8.71. The summed E-state index contributed by atoms with van der Waals surface area (Å²) >= 11 is 0. The Morgan fingerprint density at radius 3 is 2.33 bits per heavy atom. The first-order chi connectivity index (χ1) is 12.5. The molecular weight excluding hydrogens is 360 g/mol. The number of carbonyl (C=O) groups excluding carboxylic acids is 2. The van der Waals surface area contributed by atoms with Crippen LogP contribution in [-0.2, 0) is 14.0 Å². The summed E-state index contributed by atoms with van der Waals surface area (Å²) in [4.78, 5) is 27.3. The first-order valence-electron chi connectivity index (χ1n) is 9.24. The molecule has 2 unspecified atom stereocenters. The lowest BCUT2D eigenvalue weighted by Gasteiger charge is -2.38. The summed E-state index contributed by atoms with van der Waals surface area (Å²) in [6, 6.07) is 7.74. The minimum Gasteiger partial charge on any atom is -0.414 e. The van der Waals surface area contributed by atoms with Crippen LogP contribution >= 0.6 is 0 Å². The van der Waals surface area contributed by atoms with Crippen LogP contribution in [0.1, 0.15) is 32.4 Å². The first-order valence-corrected chi connectivity index (χ1v) is 12.1. The molecule has 7 nitrogen and oxygen atoms in total. The number of likely N-dealkylation sites (N-methyl/N-ethyl adjacent to an activating group) is 1. The second kappa shape index (κ2) is 6.83. The van der Waals surface area contributed by atoms with Gasteiger partial charge >= 0.3 is 0 Å². The molecule has 146 valence electrons. The molecule has 27 heavy (non-hydrogen) atoms. The van der Waals surface area contributed by atoms with Gasteiger partial charge in [0.05, 0.1) is 12.6 Å². The Morgan fingerprint density at radius 2 is 1.78 bits per heavy atom. The van der Waals surface area contributed by atoms with Crippen molar-refractivity contribution in [3.05, 3.63) is 35.9 Å². The fourth-order valence-corrected chi connectivity index (χ4v) is 4.15. The fourth-order valence-electron chi connectivity index (χ4n) is 3.14. The number of carbonyl (C=O) groups is 2. The highest BCUT2D eigenvalue weighted by Crippen LogP contribution is 2.39. The first kappa shape index (κ1) is 19.7. The van der Waals surface area contributed by atoms with Crippen molar-refractivity contribution in [3.63, 3.8) is 0 Å². The molecule has 0 aromatic heterocycles. The molecule has 0 bridgehead atoms. The normalized spacial score (nSPS) is 23.9. The van der Waals surface area contributed by atoms with Gasteiger partial charge in [-0.1, -0.05) is 56.3 Å². The van der Waals surface area contributed by atoms with Gasteiger partial charge in [-0.2, -0.15) is 5.11 Å². The summed E-state index contributed by atoms with van der Waals surface area (Å²) in [5.41, 5.74) is 0.887. The molecule has 2 aliphatic heterocycles. The van der Waals surface area contributed by atoms with E-state index in [4.69, 9.17) is 4.43 Å². The number of benzene rings is 1. The summed E-state index contributed by atoms with van der Waals surface area (Å²) in [6.45, 7) is 11.1. The summed E-state index contributed by atoms with van der Waals surface area (Å²) < 4.78 is 6.39. The Morgan fingerprint density at radius 1 is 1.15 bits per heavy atom. The number of nitrogens with zero attached hydrogens (tertiary/aromatic N) is 4. The summed E-state index contributed by atoms with van der Waals surface area (Å²) in [5.74, 6) is -0.559. The Labute approximate surface area is 161 Å². The SMILES string of the molecule is CN1N=NC2C(=O)N([C@H](CO[Si](C)(C)C(C)(C)C)c3ccccc3)C(=O)C21. The average Bonchev–Trinajstić information content (AvgIpc) is 3.09. The van der Waals surface area contributed by atoms with Crippen LogP contribution in [0.4, 0.5) is 0 Å². The number of amides is 2. The summed E-state index contributed by atoms with van der Waals surface area (Å²) in [5, 5.41) is 9.38. The lowest BCUT2D eigenvalue weighted by molar-refractivity contribution is -0.144. The third kappa shape index (κ3) is 3.43. The van der Waals surface area contributed by atoms with Crippen molar-refractivity contribution in [2.45, 2.75) is 57.0 Å². The zero-order valence-electron chi connectivity index (χ0n) is 16.8. The molecule has 2 amide bonds. The van der Waals surface area contributed by atoms with Crippen LogP contribution in [0.3, 0.4) is 0 Å². The van der Waals surface area contributed by atoms with Gasteiger partial charge in [0.2, 0.25) is 0 Å². The number of likely N-dealkylation sites (tertiary alicyclic amines) is 1. The van der Waals surface area contributed by atoms with Crippen molar-refractivity contribution < 1.29 is 14.0 Å². The van der Waals surface area contributed by atoms with E-state index < -0.39 is 26.4 Å². The molecule has 0 radical (unpaired) electrons. The molecule has 3 atom stereocenters. The Kier molecular flexibility index (Phi) is 4.98. The van der Waals surface area contributed by atoms with Crippen LogP contribution in [0.2, 0.25) is 18.1 Å². The van der Waals surface area contributed by atoms with Gasteiger partial charge in [0, 0.05) is 7.05 Å². The number of fused-ring (bicyclic) bond motifs is 1. The molecule has 2 heterocycles. The number of rotatable bonds is 5.